The van der Waals surface area contributed by atoms with Crippen LogP contribution in [0, 0.1) is 17.8 Å². The Kier molecular flexibility index (Phi) is 12.0. The lowest BCUT2D eigenvalue weighted by atomic mass is 9.93. The normalized spacial score (nSPS) is 17.6. The molecule has 0 saturated carbocycles. The maximum absolute atomic E-state index is 11.0. The Morgan fingerprint density at radius 3 is 2.47 bits per heavy atom. The number of allylic oxidation sites excluding steroid dienone is 10. The highest BCUT2D eigenvalue weighted by Gasteiger charge is 2.16. The highest BCUT2D eigenvalue weighted by molar-refractivity contribution is 5.88. The summed E-state index contributed by atoms with van der Waals surface area (Å²) in [7, 11) is 1.84. The van der Waals surface area contributed by atoms with Crippen LogP contribution >= 0.6 is 0 Å². The fraction of sp³-hybridized carbons (Fsp3) is 0.406. The van der Waals surface area contributed by atoms with Crippen molar-refractivity contribution in [3.05, 3.63) is 89.7 Å². The number of carbonyl (C=O) groups excluding carboxylic acids is 1. The van der Waals surface area contributed by atoms with Gasteiger partial charge in [0.25, 0.3) is 0 Å². The number of carbonyl (C=O) groups is 1. The molecule has 0 aliphatic heterocycles. The second-order valence-corrected chi connectivity index (χ2v) is 9.74. The van der Waals surface area contributed by atoms with E-state index in [0.717, 1.165) is 35.1 Å². The monoisotopic (exact) mass is 487 g/mol. The van der Waals surface area contributed by atoms with Gasteiger partial charge in [-0.25, -0.2) is 0 Å². The number of hydrogen-bond donors (Lipinski definition) is 3. The zero-order valence-corrected chi connectivity index (χ0v) is 23.0. The molecule has 2 rings (SSSR count). The van der Waals surface area contributed by atoms with E-state index in [1.165, 1.54) is 36.0 Å². The Labute approximate surface area is 219 Å². The van der Waals surface area contributed by atoms with E-state index < -0.39 is 0 Å². The molecular formula is C32H45N3O. The van der Waals surface area contributed by atoms with Gasteiger partial charge in [0.2, 0.25) is 6.41 Å². The van der Waals surface area contributed by atoms with Crippen molar-refractivity contribution in [1.82, 2.24) is 0 Å². The minimum absolute atomic E-state index is 0.105. The van der Waals surface area contributed by atoms with Gasteiger partial charge in [-0.15, -0.1) is 0 Å². The van der Waals surface area contributed by atoms with Crippen molar-refractivity contribution in [2.45, 2.75) is 60.3 Å². The van der Waals surface area contributed by atoms with E-state index in [1.54, 1.807) is 0 Å². The van der Waals surface area contributed by atoms with Gasteiger partial charge in [-0.2, -0.15) is 0 Å². The molecule has 0 aromatic heterocycles. The first-order valence-corrected chi connectivity index (χ1v) is 13.2. The summed E-state index contributed by atoms with van der Waals surface area (Å²) in [5, 5.41) is 9.34. The lowest BCUT2D eigenvalue weighted by Crippen LogP contribution is -2.09. The summed E-state index contributed by atoms with van der Waals surface area (Å²) in [6.07, 6.45) is 21.1. The predicted molar refractivity (Wildman–Crippen MR) is 158 cm³/mol. The van der Waals surface area contributed by atoms with Crippen LogP contribution in [0.1, 0.15) is 60.3 Å². The van der Waals surface area contributed by atoms with Gasteiger partial charge in [-0.1, -0.05) is 95.7 Å². The van der Waals surface area contributed by atoms with Gasteiger partial charge in [0, 0.05) is 18.7 Å². The summed E-state index contributed by atoms with van der Waals surface area (Å²) in [5.41, 5.74) is 7.36. The van der Waals surface area contributed by atoms with Gasteiger partial charge in [0.1, 0.15) is 0 Å². The van der Waals surface area contributed by atoms with Crippen LogP contribution < -0.4 is 16.0 Å². The number of anilines is 3. The second kappa shape index (κ2) is 15.0. The molecule has 0 bridgehead atoms. The van der Waals surface area contributed by atoms with Crippen LogP contribution in [0.2, 0.25) is 0 Å². The quantitative estimate of drug-likeness (QED) is 0.161. The maximum atomic E-state index is 11.0. The molecule has 4 nitrogen and oxygen atoms in total. The number of rotatable bonds is 16. The Morgan fingerprint density at radius 1 is 1.14 bits per heavy atom. The number of benzene rings is 1. The molecule has 0 spiro atoms. The molecule has 3 atom stereocenters. The summed E-state index contributed by atoms with van der Waals surface area (Å²) < 4.78 is 0. The summed E-state index contributed by atoms with van der Waals surface area (Å²) in [5.74, 6) is 1.44. The highest BCUT2D eigenvalue weighted by Crippen LogP contribution is 2.32. The third kappa shape index (κ3) is 9.07. The Morgan fingerprint density at radius 2 is 1.86 bits per heavy atom. The molecule has 1 aliphatic rings. The molecule has 0 radical (unpaired) electrons. The summed E-state index contributed by atoms with van der Waals surface area (Å²) >= 11 is 0. The summed E-state index contributed by atoms with van der Waals surface area (Å²) in [6, 6.07) is 5.74. The highest BCUT2D eigenvalue weighted by atomic mass is 16.1. The molecule has 0 fully saturated rings. The number of amides is 1. The molecular weight excluding hydrogens is 442 g/mol. The lowest BCUT2D eigenvalue weighted by molar-refractivity contribution is -0.105. The van der Waals surface area contributed by atoms with E-state index in [1.807, 2.05) is 25.2 Å². The standard InChI is InChI=1S/C32H45N3O/c1-8-11-23(3)15-17-28(19-20-29-21-25(29)5)27(12-9-2)18-16-24(4)26(6)35-31-14-10-13-30(34-22-36)32(31)33-7/h9-10,12-14,16,18-25,33,35H,6,8,11,15,17H2,1-5,7H3,(H,34,36)/b12-9-,18-16+,20-19+,28-27+. The van der Waals surface area contributed by atoms with Crippen LogP contribution in [0.4, 0.5) is 17.1 Å². The first-order chi connectivity index (χ1) is 17.3. The van der Waals surface area contributed by atoms with Crippen LogP contribution in [-0.2, 0) is 4.79 Å². The van der Waals surface area contributed by atoms with Crippen molar-refractivity contribution < 1.29 is 4.79 Å². The van der Waals surface area contributed by atoms with E-state index in [-0.39, 0.29) is 5.92 Å². The topological polar surface area (TPSA) is 53.2 Å². The SMILES string of the molecule is C=C(Nc1cccc(NC=O)c1NC)C(C)/C=C/C(/C=C\C)=C(/C=C/C1=CC1C)CCC(C)CCC. The number of hydrogen-bond acceptors (Lipinski definition) is 3. The van der Waals surface area contributed by atoms with Gasteiger partial charge in [-0.05, 0) is 60.5 Å². The van der Waals surface area contributed by atoms with Crippen LogP contribution in [0.5, 0.6) is 0 Å². The Hall–Kier alpha value is -3.27. The minimum atomic E-state index is 0.105. The van der Waals surface area contributed by atoms with Gasteiger partial charge in [0.15, 0.2) is 0 Å². The zero-order valence-electron chi connectivity index (χ0n) is 23.0. The van der Waals surface area contributed by atoms with E-state index in [0.29, 0.717) is 12.3 Å². The van der Waals surface area contributed by atoms with Crippen LogP contribution in [0.3, 0.4) is 0 Å². The van der Waals surface area contributed by atoms with E-state index in [4.69, 9.17) is 0 Å². The van der Waals surface area contributed by atoms with Crippen molar-refractivity contribution in [3.8, 4) is 0 Å². The molecule has 1 aromatic rings. The Balaban J connectivity index is 2.23. The molecule has 3 unspecified atom stereocenters. The molecule has 36 heavy (non-hydrogen) atoms. The third-order valence-electron chi connectivity index (χ3n) is 6.68. The largest absolute Gasteiger partial charge is 0.385 e. The fourth-order valence-corrected chi connectivity index (χ4v) is 4.22. The maximum Gasteiger partial charge on any atom is 0.211 e. The average molecular weight is 488 g/mol. The molecule has 1 aromatic carbocycles. The molecule has 3 N–H and O–H groups in total. The van der Waals surface area contributed by atoms with E-state index >= 15 is 0 Å². The molecule has 1 amide bonds. The van der Waals surface area contributed by atoms with Crippen LogP contribution in [-0.4, -0.2) is 13.5 Å². The smallest absolute Gasteiger partial charge is 0.211 e. The first-order valence-electron chi connectivity index (χ1n) is 13.2. The molecule has 4 heteroatoms. The predicted octanol–water partition coefficient (Wildman–Crippen LogP) is 8.64. The zero-order chi connectivity index (χ0) is 26.5. The van der Waals surface area contributed by atoms with Crippen molar-refractivity contribution in [1.29, 1.82) is 0 Å². The van der Waals surface area contributed by atoms with Gasteiger partial charge >= 0.3 is 0 Å². The second-order valence-electron chi connectivity index (χ2n) is 9.74. The summed E-state index contributed by atoms with van der Waals surface area (Å²) in [4.78, 5) is 11.0. The number of para-hydroxylation sites is 1. The van der Waals surface area contributed by atoms with E-state index in [2.05, 4.69) is 99.7 Å². The van der Waals surface area contributed by atoms with Crippen molar-refractivity contribution >= 4 is 23.5 Å². The van der Waals surface area contributed by atoms with Crippen LogP contribution in [0.25, 0.3) is 0 Å². The fourth-order valence-electron chi connectivity index (χ4n) is 4.22. The first kappa shape index (κ1) is 29.0. The van der Waals surface area contributed by atoms with Crippen molar-refractivity contribution in [3.63, 3.8) is 0 Å². The number of nitrogens with one attached hydrogen (secondary N) is 3. The van der Waals surface area contributed by atoms with Gasteiger partial charge in [-0.3, -0.25) is 4.79 Å². The van der Waals surface area contributed by atoms with Crippen molar-refractivity contribution in [2.75, 3.05) is 23.0 Å². The van der Waals surface area contributed by atoms with Crippen LogP contribution in [0.15, 0.2) is 89.7 Å². The molecule has 1 aliphatic carbocycles. The van der Waals surface area contributed by atoms with Gasteiger partial charge < -0.3 is 16.0 Å². The molecule has 0 heterocycles. The molecule has 0 saturated heterocycles. The molecule has 194 valence electrons. The van der Waals surface area contributed by atoms with Crippen molar-refractivity contribution in [2.24, 2.45) is 17.8 Å². The summed E-state index contributed by atoms with van der Waals surface area (Å²) in [6.45, 7) is 15.4. The third-order valence-corrected chi connectivity index (χ3v) is 6.68. The average Bonchev–Trinajstić information content (AvgIpc) is 3.57. The lowest BCUT2D eigenvalue weighted by Gasteiger charge is -2.19. The van der Waals surface area contributed by atoms with E-state index in [9.17, 15) is 4.79 Å². The minimum Gasteiger partial charge on any atom is -0.385 e. The van der Waals surface area contributed by atoms with Gasteiger partial charge in [0.05, 0.1) is 17.1 Å². The Bertz CT molecular complexity index is 1040.